The highest BCUT2D eigenvalue weighted by molar-refractivity contribution is 6.01. The minimum absolute atomic E-state index is 0.301. The Morgan fingerprint density at radius 1 is 1.04 bits per heavy atom. The van der Waals surface area contributed by atoms with Gasteiger partial charge < -0.3 is 19.7 Å². The van der Waals surface area contributed by atoms with Crippen molar-refractivity contribution in [2.24, 2.45) is 7.05 Å². The molecule has 0 fully saturated rings. The molecule has 124 valence electrons. The fourth-order valence-corrected chi connectivity index (χ4v) is 2.77. The van der Waals surface area contributed by atoms with Crippen LogP contribution in [0.1, 0.15) is 0 Å². The molecule has 25 heavy (non-hydrogen) atoms. The standard InChI is InChI=1S/C19H16N4O2/c1-23-10-8-13-11-16(5-6-17(13)23)22-19(24)21-15-4-2-3-14(12-15)18-7-9-20-25-18/h2-12H,1H3,(H2,21,22,24). The lowest BCUT2D eigenvalue weighted by atomic mass is 10.1. The molecule has 2 amide bonds. The maximum atomic E-state index is 12.3. The van der Waals surface area contributed by atoms with Crippen molar-refractivity contribution in [1.82, 2.24) is 9.72 Å². The number of aryl methyl sites for hydroxylation is 1. The summed E-state index contributed by atoms with van der Waals surface area (Å²) in [6.07, 6.45) is 3.57. The fraction of sp³-hybridized carbons (Fsp3) is 0.0526. The van der Waals surface area contributed by atoms with Crippen LogP contribution in [-0.2, 0) is 7.05 Å². The molecule has 0 radical (unpaired) electrons. The third kappa shape index (κ3) is 3.10. The van der Waals surface area contributed by atoms with E-state index in [4.69, 9.17) is 4.52 Å². The van der Waals surface area contributed by atoms with Crippen molar-refractivity contribution in [1.29, 1.82) is 0 Å². The number of fused-ring (bicyclic) bond motifs is 1. The highest BCUT2D eigenvalue weighted by Crippen LogP contribution is 2.23. The van der Waals surface area contributed by atoms with Gasteiger partial charge in [-0.25, -0.2) is 4.79 Å². The summed E-state index contributed by atoms with van der Waals surface area (Å²) in [5, 5.41) is 10.5. The van der Waals surface area contributed by atoms with Crippen LogP contribution in [0.3, 0.4) is 0 Å². The molecule has 0 spiro atoms. The number of carbonyl (C=O) groups is 1. The van der Waals surface area contributed by atoms with Gasteiger partial charge in [0, 0.05) is 47.2 Å². The van der Waals surface area contributed by atoms with Gasteiger partial charge in [-0.1, -0.05) is 17.3 Å². The predicted molar refractivity (Wildman–Crippen MR) is 97.5 cm³/mol. The zero-order chi connectivity index (χ0) is 17.2. The molecule has 2 aromatic carbocycles. The van der Waals surface area contributed by atoms with Gasteiger partial charge in [-0.15, -0.1) is 0 Å². The van der Waals surface area contributed by atoms with Crippen LogP contribution in [0.5, 0.6) is 0 Å². The van der Waals surface area contributed by atoms with E-state index >= 15 is 0 Å². The number of benzene rings is 2. The van der Waals surface area contributed by atoms with E-state index < -0.39 is 0 Å². The largest absolute Gasteiger partial charge is 0.356 e. The lowest BCUT2D eigenvalue weighted by Crippen LogP contribution is -2.19. The van der Waals surface area contributed by atoms with Crippen LogP contribution in [0.15, 0.2) is 71.5 Å². The van der Waals surface area contributed by atoms with Crippen LogP contribution in [0.4, 0.5) is 16.2 Å². The Hall–Kier alpha value is -3.54. The maximum absolute atomic E-state index is 12.3. The Kier molecular flexibility index (Phi) is 3.70. The van der Waals surface area contributed by atoms with Crippen LogP contribution in [-0.4, -0.2) is 15.8 Å². The number of anilines is 2. The second-order valence-corrected chi connectivity index (χ2v) is 5.74. The van der Waals surface area contributed by atoms with Crippen LogP contribution < -0.4 is 10.6 Å². The average Bonchev–Trinajstić information content (AvgIpc) is 3.25. The lowest BCUT2D eigenvalue weighted by molar-refractivity contribution is 0.262. The third-order valence-electron chi connectivity index (χ3n) is 3.99. The number of hydrogen-bond donors (Lipinski definition) is 2. The molecule has 2 N–H and O–H groups in total. The van der Waals surface area contributed by atoms with E-state index in [0.29, 0.717) is 11.4 Å². The van der Waals surface area contributed by atoms with Gasteiger partial charge in [0.05, 0.1) is 6.20 Å². The summed E-state index contributed by atoms with van der Waals surface area (Å²) in [6, 6.07) is 16.7. The highest BCUT2D eigenvalue weighted by Gasteiger charge is 2.07. The first-order valence-corrected chi connectivity index (χ1v) is 7.83. The van der Waals surface area contributed by atoms with Crippen molar-refractivity contribution < 1.29 is 9.32 Å². The van der Waals surface area contributed by atoms with Gasteiger partial charge >= 0.3 is 6.03 Å². The Morgan fingerprint density at radius 2 is 1.88 bits per heavy atom. The van der Waals surface area contributed by atoms with E-state index in [0.717, 1.165) is 22.2 Å². The van der Waals surface area contributed by atoms with E-state index in [-0.39, 0.29) is 6.03 Å². The smallest absolute Gasteiger partial charge is 0.323 e. The molecule has 6 heteroatoms. The van der Waals surface area contributed by atoms with Crippen LogP contribution >= 0.6 is 0 Å². The van der Waals surface area contributed by atoms with E-state index in [9.17, 15) is 4.79 Å². The summed E-state index contributed by atoms with van der Waals surface area (Å²) in [5.74, 6) is 0.651. The van der Waals surface area contributed by atoms with Crippen molar-refractivity contribution in [2.75, 3.05) is 10.6 Å². The first-order valence-electron chi connectivity index (χ1n) is 7.83. The van der Waals surface area contributed by atoms with Crippen molar-refractivity contribution in [3.8, 4) is 11.3 Å². The molecule has 0 aliphatic heterocycles. The number of urea groups is 1. The molecule has 4 rings (SSSR count). The molecule has 0 saturated heterocycles. The predicted octanol–water partition coefficient (Wildman–Crippen LogP) is 4.48. The van der Waals surface area contributed by atoms with Crippen LogP contribution in [0, 0.1) is 0 Å². The van der Waals surface area contributed by atoms with Gasteiger partial charge in [0.2, 0.25) is 0 Å². The van der Waals surface area contributed by atoms with Crippen molar-refractivity contribution >= 4 is 28.3 Å². The van der Waals surface area contributed by atoms with Gasteiger partial charge in [0.1, 0.15) is 0 Å². The zero-order valence-electron chi connectivity index (χ0n) is 13.6. The number of nitrogens with zero attached hydrogens (tertiary/aromatic N) is 2. The monoisotopic (exact) mass is 332 g/mol. The molecular formula is C19H16N4O2. The van der Waals surface area contributed by atoms with Gasteiger partial charge in [0.25, 0.3) is 0 Å². The van der Waals surface area contributed by atoms with Crippen molar-refractivity contribution in [3.63, 3.8) is 0 Å². The van der Waals surface area contributed by atoms with Crippen LogP contribution in [0.2, 0.25) is 0 Å². The molecule has 0 unspecified atom stereocenters. The summed E-state index contributed by atoms with van der Waals surface area (Å²) < 4.78 is 7.17. The Balaban J connectivity index is 1.49. The minimum atomic E-state index is -0.301. The second kappa shape index (κ2) is 6.16. The Labute approximate surface area is 144 Å². The normalized spacial score (nSPS) is 10.8. The Morgan fingerprint density at radius 3 is 2.68 bits per heavy atom. The minimum Gasteiger partial charge on any atom is -0.356 e. The third-order valence-corrected chi connectivity index (χ3v) is 3.99. The van der Waals surface area contributed by atoms with Crippen molar-refractivity contribution in [3.05, 3.63) is 67.0 Å². The molecule has 2 aromatic heterocycles. The SMILES string of the molecule is Cn1ccc2cc(NC(=O)Nc3cccc(-c4ccno4)c3)ccc21. The first-order chi connectivity index (χ1) is 12.2. The Bertz CT molecular complexity index is 1030. The molecule has 0 saturated carbocycles. The van der Waals surface area contributed by atoms with Gasteiger partial charge in [-0.3, -0.25) is 0 Å². The molecular weight excluding hydrogens is 316 g/mol. The molecule has 0 atom stereocenters. The van der Waals surface area contributed by atoms with E-state index in [1.54, 1.807) is 12.3 Å². The number of aromatic nitrogens is 2. The lowest BCUT2D eigenvalue weighted by Gasteiger charge is -2.09. The molecule has 0 bridgehead atoms. The number of rotatable bonds is 3. The summed E-state index contributed by atoms with van der Waals surface area (Å²) in [7, 11) is 1.99. The van der Waals surface area contributed by atoms with Crippen molar-refractivity contribution in [2.45, 2.75) is 0 Å². The first kappa shape index (κ1) is 15.0. The van der Waals surface area contributed by atoms with E-state index in [2.05, 4.69) is 15.8 Å². The number of amides is 2. The summed E-state index contributed by atoms with van der Waals surface area (Å²) >= 11 is 0. The van der Waals surface area contributed by atoms with Crippen LogP contribution in [0.25, 0.3) is 22.2 Å². The quantitative estimate of drug-likeness (QED) is 0.581. The number of carbonyl (C=O) groups excluding carboxylic acids is 1. The van der Waals surface area contributed by atoms with E-state index in [1.165, 1.54) is 0 Å². The van der Waals surface area contributed by atoms with Gasteiger partial charge in [0.15, 0.2) is 5.76 Å². The topological polar surface area (TPSA) is 72.1 Å². The zero-order valence-corrected chi connectivity index (χ0v) is 13.6. The van der Waals surface area contributed by atoms with Gasteiger partial charge in [-0.2, -0.15) is 0 Å². The number of nitrogens with one attached hydrogen (secondary N) is 2. The second-order valence-electron chi connectivity index (χ2n) is 5.74. The van der Waals surface area contributed by atoms with E-state index in [1.807, 2.05) is 66.3 Å². The highest BCUT2D eigenvalue weighted by atomic mass is 16.5. The molecule has 2 heterocycles. The molecule has 6 nitrogen and oxygen atoms in total. The molecule has 0 aliphatic rings. The number of hydrogen-bond acceptors (Lipinski definition) is 3. The van der Waals surface area contributed by atoms with Gasteiger partial charge in [-0.05, 0) is 36.4 Å². The molecule has 4 aromatic rings. The summed E-state index contributed by atoms with van der Waals surface area (Å²) in [6.45, 7) is 0. The fourth-order valence-electron chi connectivity index (χ4n) is 2.77. The summed E-state index contributed by atoms with van der Waals surface area (Å²) in [4.78, 5) is 12.3. The summed E-state index contributed by atoms with van der Waals surface area (Å²) in [5.41, 5.74) is 3.38. The average molecular weight is 332 g/mol. The molecule has 0 aliphatic carbocycles. The maximum Gasteiger partial charge on any atom is 0.323 e.